The number of esters is 1. The maximum atomic E-state index is 12.0. The maximum absolute atomic E-state index is 12.0. The van der Waals surface area contributed by atoms with Crippen molar-refractivity contribution in [2.45, 2.75) is 33.8 Å². The molecule has 130 valence electrons. The van der Waals surface area contributed by atoms with Gasteiger partial charge < -0.3 is 14.3 Å². The Kier molecular flexibility index (Phi) is 5.65. The lowest BCUT2D eigenvalue weighted by atomic mass is 10.0. The fourth-order valence-electron chi connectivity index (χ4n) is 2.81. The molecule has 2 rings (SSSR count). The molecule has 0 spiro atoms. The molecule has 0 N–H and O–H groups in total. The highest BCUT2D eigenvalue weighted by atomic mass is 16.6. The van der Waals surface area contributed by atoms with Gasteiger partial charge in [-0.3, -0.25) is 0 Å². The number of hydrogen-bond donors (Lipinski definition) is 0. The Labute approximate surface area is 143 Å². The standard InChI is InChI=1S/C19H25NO4/c1-13(17-10-19(17,2)3)20-24-11-14-8-6-7-9-15(14)16(12-22-4)18(21)23-5/h6-9,12,17H,10-11H2,1-5H3/b16-12+,20-13-. The van der Waals surface area contributed by atoms with E-state index in [2.05, 4.69) is 19.0 Å². The van der Waals surface area contributed by atoms with Crippen LogP contribution in [0.5, 0.6) is 0 Å². The summed E-state index contributed by atoms with van der Waals surface area (Å²) in [5.41, 5.74) is 3.25. The van der Waals surface area contributed by atoms with Crippen LogP contribution in [-0.2, 0) is 25.7 Å². The molecule has 0 radical (unpaired) electrons. The third-order valence-corrected chi connectivity index (χ3v) is 4.39. The molecule has 1 unspecified atom stereocenters. The minimum Gasteiger partial charge on any atom is -0.503 e. The molecule has 5 heteroatoms. The van der Waals surface area contributed by atoms with E-state index in [0.29, 0.717) is 22.5 Å². The van der Waals surface area contributed by atoms with Crippen LogP contribution in [0, 0.1) is 11.3 Å². The molecule has 0 saturated heterocycles. The summed E-state index contributed by atoms with van der Waals surface area (Å²) in [6.07, 6.45) is 2.53. The summed E-state index contributed by atoms with van der Waals surface area (Å²) in [4.78, 5) is 17.5. The molecule has 0 amide bonds. The molecule has 0 aromatic heterocycles. The van der Waals surface area contributed by atoms with E-state index in [9.17, 15) is 4.79 Å². The fraction of sp³-hybridized carbons (Fsp3) is 0.474. The first-order valence-corrected chi connectivity index (χ1v) is 7.96. The Bertz CT molecular complexity index is 661. The zero-order valence-corrected chi connectivity index (χ0v) is 15.0. The van der Waals surface area contributed by atoms with Crippen LogP contribution in [-0.4, -0.2) is 25.9 Å². The van der Waals surface area contributed by atoms with Crippen molar-refractivity contribution < 1.29 is 19.1 Å². The van der Waals surface area contributed by atoms with Crippen molar-refractivity contribution in [1.82, 2.24) is 0 Å². The van der Waals surface area contributed by atoms with Crippen LogP contribution < -0.4 is 0 Å². The number of methoxy groups -OCH3 is 2. The quantitative estimate of drug-likeness (QED) is 0.251. The van der Waals surface area contributed by atoms with Gasteiger partial charge in [0, 0.05) is 11.5 Å². The van der Waals surface area contributed by atoms with Crippen molar-refractivity contribution in [3.63, 3.8) is 0 Å². The van der Waals surface area contributed by atoms with Gasteiger partial charge >= 0.3 is 5.97 Å². The van der Waals surface area contributed by atoms with E-state index in [0.717, 1.165) is 17.7 Å². The number of nitrogens with zero attached hydrogens (tertiary/aromatic N) is 1. The highest BCUT2D eigenvalue weighted by molar-refractivity contribution is 6.16. The maximum Gasteiger partial charge on any atom is 0.341 e. The number of hydrogen-bond acceptors (Lipinski definition) is 5. The van der Waals surface area contributed by atoms with Gasteiger partial charge in [-0.2, -0.15) is 0 Å². The van der Waals surface area contributed by atoms with Crippen molar-refractivity contribution in [3.8, 4) is 0 Å². The highest BCUT2D eigenvalue weighted by Crippen LogP contribution is 2.52. The first-order valence-electron chi connectivity index (χ1n) is 7.96. The van der Waals surface area contributed by atoms with Gasteiger partial charge in [0.2, 0.25) is 0 Å². The largest absolute Gasteiger partial charge is 0.503 e. The average Bonchev–Trinajstić information content (AvgIpc) is 3.21. The minimum atomic E-state index is -0.455. The number of oxime groups is 1. The molecule has 5 nitrogen and oxygen atoms in total. The predicted molar refractivity (Wildman–Crippen MR) is 93.2 cm³/mol. The topological polar surface area (TPSA) is 57.1 Å². The van der Waals surface area contributed by atoms with Crippen LogP contribution in [0.3, 0.4) is 0 Å². The number of rotatable bonds is 7. The smallest absolute Gasteiger partial charge is 0.341 e. The molecule has 1 aliphatic carbocycles. The molecule has 1 saturated carbocycles. The van der Waals surface area contributed by atoms with Crippen LogP contribution in [0.2, 0.25) is 0 Å². The zero-order valence-electron chi connectivity index (χ0n) is 15.0. The molecule has 1 aliphatic rings. The molecule has 0 heterocycles. The van der Waals surface area contributed by atoms with Crippen LogP contribution in [0.1, 0.15) is 38.3 Å². The lowest BCUT2D eigenvalue weighted by molar-refractivity contribution is -0.133. The van der Waals surface area contributed by atoms with Crippen molar-refractivity contribution in [1.29, 1.82) is 0 Å². The van der Waals surface area contributed by atoms with Gasteiger partial charge in [-0.15, -0.1) is 0 Å². The predicted octanol–water partition coefficient (Wildman–Crippen LogP) is 3.79. The number of ether oxygens (including phenoxy) is 2. The van der Waals surface area contributed by atoms with Crippen LogP contribution in [0.25, 0.3) is 5.57 Å². The fourth-order valence-corrected chi connectivity index (χ4v) is 2.81. The summed E-state index contributed by atoms with van der Waals surface area (Å²) in [7, 11) is 2.84. The highest BCUT2D eigenvalue weighted by Gasteiger charge is 2.47. The Morgan fingerprint density at radius 1 is 1.33 bits per heavy atom. The first-order chi connectivity index (χ1) is 11.4. The van der Waals surface area contributed by atoms with Crippen LogP contribution in [0.4, 0.5) is 0 Å². The first kappa shape index (κ1) is 18.0. The van der Waals surface area contributed by atoms with Gasteiger partial charge in [0.1, 0.15) is 12.2 Å². The molecule has 1 fully saturated rings. The van der Waals surface area contributed by atoms with E-state index in [1.807, 2.05) is 31.2 Å². The number of carbonyl (C=O) groups is 1. The van der Waals surface area contributed by atoms with E-state index in [1.54, 1.807) is 0 Å². The zero-order chi connectivity index (χ0) is 17.7. The Balaban J connectivity index is 2.13. The molecule has 1 atom stereocenters. The molecular formula is C19H25NO4. The van der Waals surface area contributed by atoms with Gasteiger partial charge in [0.25, 0.3) is 0 Å². The summed E-state index contributed by atoms with van der Waals surface area (Å²) in [5, 5.41) is 4.24. The summed E-state index contributed by atoms with van der Waals surface area (Å²) < 4.78 is 9.83. The van der Waals surface area contributed by atoms with Gasteiger partial charge in [-0.1, -0.05) is 43.3 Å². The van der Waals surface area contributed by atoms with Crippen LogP contribution >= 0.6 is 0 Å². The molecule has 0 aliphatic heterocycles. The SMILES string of the molecule is CO/C=C(/C(=O)OC)c1ccccc1CO/N=C(/C)C1CC1(C)C. The lowest BCUT2D eigenvalue weighted by Crippen LogP contribution is -2.07. The van der Waals surface area contributed by atoms with Crippen molar-refractivity contribution in [2.75, 3.05) is 14.2 Å². The van der Waals surface area contributed by atoms with E-state index < -0.39 is 5.97 Å². The second-order valence-electron chi connectivity index (χ2n) is 6.67. The lowest BCUT2D eigenvalue weighted by Gasteiger charge is -2.11. The second kappa shape index (κ2) is 7.51. The van der Waals surface area contributed by atoms with Gasteiger partial charge in [-0.25, -0.2) is 4.79 Å². The second-order valence-corrected chi connectivity index (χ2v) is 6.67. The number of benzene rings is 1. The summed E-state index contributed by atoms with van der Waals surface area (Å²) in [5.74, 6) is 0.0375. The van der Waals surface area contributed by atoms with Gasteiger partial charge in [-0.05, 0) is 24.3 Å². The van der Waals surface area contributed by atoms with Crippen molar-refractivity contribution in [2.24, 2.45) is 16.5 Å². The molecule has 1 aromatic carbocycles. The molecule has 0 bridgehead atoms. The van der Waals surface area contributed by atoms with Gasteiger partial charge in [0.05, 0.1) is 26.2 Å². The summed E-state index contributed by atoms with van der Waals surface area (Å²) in [6.45, 7) is 6.73. The monoisotopic (exact) mass is 331 g/mol. The minimum absolute atomic E-state index is 0.276. The summed E-state index contributed by atoms with van der Waals surface area (Å²) in [6, 6.07) is 7.48. The number of carbonyl (C=O) groups excluding carboxylic acids is 1. The molecule has 24 heavy (non-hydrogen) atoms. The normalized spacial score (nSPS) is 19.6. The Hall–Kier alpha value is -2.30. The van der Waals surface area contributed by atoms with E-state index in [-0.39, 0.29) is 6.61 Å². The van der Waals surface area contributed by atoms with Crippen molar-refractivity contribution >= 4 is 17.3 Å². The molecular weight excluding hydrogens is 306 g/mol. The molecule has 1 aromatic rings. The Morgan fingerprint density at radius 3 is 2.58 bits per heavy atom. The van der Waals surface area contributed by atoms with Crippen LogP contribution in [0.15, 0.2) is 35.7 Å². The Morgan fingerprint density at radius 2 is 2.00 bits per heavy atom. The third-order valence-electron chi connectivity index (χ3n) is 4.39. The average molecular weight is 331 g/mol. The van der Waals surface area contributed by atoms with E-state index in [1.165, 1.54) is 20.5 Å². The summed E-state index contributed by atoms with van der Waals surface area (Å²) >= 11 is 0. The van der Waals surface area contributed by atoms with Gasteiger partial charge in [0.15, 0.2) is 0 Å². The van der Waals surface area contributed by atoms with E-state index >= 15 is 0 Å². The third kappa shape index (κ3) is 4.16. The van der Waals surface area contributed by atoms with E-state index in [4.69, 9.17) is 14.3 Å². The van der Waals surface area contributed by atoms with Crippen molar-refractivity contribution in [3.05, 3.63) is 41.7 Å².